The maximum absolute atomic E-state index is 12.2. The number of rotatable bonds is 5. The molecule has 4 rings (SSSR count). The van der Waals surface area contributed by atoms with Crippen LogP contribution in [-0.4, -0.2) is 53.6 Å². The SMILES string of the molecule is Cc1cccc(NC(=O)NN2CCN(CCc3c[nH]c4ccccc34)CC2)c1. The minimum atomic E-state index is -0.183. The van der Waals surface area contributed by atoms with Gasteiger partial charge in [0.25, 0.3) is 0 Å². The van der Waals surface area contributed by atoms with E-state index in [2.05, 4.69) is 51.1 Å². The Balaban J connectivity index is 1.22. The zero-order valence-corrected chi connectivity index (χ0v) is 16.2. The molecule has 3 N–H and O–H groups in total. The fourth-order valence-electron chi connectivity index (χ4n) is 3.73. The van der Waals surface area contributed by atoms with Crippen LogP contribution in [0.2, 0.25) is 0 Å². The Morgan fingerprint density at radius 2 is 1.89 bits per heavy atom. The molecule has 2 heterocycles. The van der Waals surface area contributed by atoms with E-state index in [-0.39, 0.29) is 6.03 Å². The van der Waals surface area contributed by atoms with Gasteiger partial charge in [0.05, 0.1) is 0 Å². The zero-order chi connectivity index (χ0) is 19.3. The molecule has 2 amide bonds. The molecule has 3 aromatic rings. The van der Waals surface area contributed by atoms with Crippen molar-refractivity contribution in [2.75, 3.05) is 38.0 Å². The number of nitrogens with zero attached hydrogens (tertiary/aromatic N) is 2. The Labute approximate surface area is 165 Å². The molecule has 28 heavy (non-hydrogen) atoms. The van der Waals surface area contributed by atoms with E-state index in [9.17, 15) is 4.79 Å². The van der Waals surface area contributed by atoms with Crippen LogP contribution < -0.4 is 10.7 Å². The van der Waals surface area contributed by atoms with Gasteiger partial charge in [0.1, 0.15) is 0 Å². The summed E-state index contributed by atoms with van der Waals surface area (Å²) < 4.78 is 0. The first kappa shape index (κ1) is 18.5. The average molecular weight is 377 g/mol. The highest BCUT2D eigenvalue weighted by Crippen LogP contribution is 2.18. The summed E-state index contributed by atoms with van der Waals surface area (Å²) in [7, 11) is 0. The van der Waals surface area contributed by atoms with Gasteiger partial charge in [-0.2, -0.15) is 0 Å². The van der Waals surface area contributed by atoms with Crippen molar-refractivity contribution in [3.05, 3.63) is 65.9 Å². The van der Waals surface area contributed by atoms with E-state index in [0.717, 1.165) is 50.4 Å². The quantitative estimate of drug-likeness (QED) is 0.639. The zero-order valence-electron chi connectivity index (χ0n) is 16.2. The molecule has 0 unspecified atom stereocenters. The normalized spacial score (nSPS) is 15.6. The molecule has 1 saturated heterocycles. The van der Waals surface area contributed by atoms with Gasteiger partial charge in [0, 0.05) is 55.5 Å². The molecule has 0 aliphatic carbocycles. The van der Waals surface area contributed by atoms with E-state index >= 15 is 0 Å². The Hall–Kier alpha value is -2.83. The van der Waals surface area contributed by atoms with Crippen LogP contribution in [0.5, 0.6) is 0 Å². The number of amides is 2. The van der Waals surface area contributed by atoms with Crippen molar-refractivity contribution < 1.29 is 4.79 Å². The Morgan fingerprint density at radius 3 is 2.71 bits per heavy atom. The molecule has 1 aliphatic rings. The number of aromatic amines is 1. The molecule has 0 spiro atoms. The second-order valence-corrected chi connectivity index (χ2v) is 7.37. The monoisotopic (exact) mass is 377 g/mol. The van der Waals surface area contributed by atoms with Crippen LogP contribution in [0, 0.1) is 6.92 Å². The summed E-state index contributed by atoms with van der Waals surface area (Å²) in [6.45, 7) is 6.61. The summed E-state index contributed by atoms with van der Waals surface area (Å²) >= 11 is 0. The Morgan fingerprint density at radius 1 is 1.07 bits per heavy atom. The fraction of sp³-hybridized carbons (Fsp3) is 0.318. The number of fused-ring (bicyclic) bond motifs is 1. The smallest absolute Gasteiger partial charge is 0.333 e. The number of hydrogen-bond donors (Lipinski definition) is 3. The molecule has 1 fully saturated rings. The van der Waals surface area contributed by atoms with E-state index in [4.69, 9.17) is 0 Å². The van der Waals surface area contributed by atoms with E-state index < -0.39 is 0 Å². The number of piperazine rings is 1. The van der Waals surface area contributed by atoms with Crippen molar-refractivity contribution in [1.82, 2.24) is 20.3 Å². The van der Waals surface area contributed by atoms with Gasteiger partial charge < -0.3 is 15.2 Å². The third-order valence-corrected chi connectivity index (χ3v) is 5.28. The number of hydrogen-bond acceptors (Lipinski definition) is 3. The van der Waals surface area contributed by atoms with Gasteiger partial charge in [-0.05, 0) is 42.7 Å². The lowest BCUT2D eigenvalue weighted by Crippen LogP contribution is -2.54. The van der Waals surface area contributed by atoms with E-state index in [1.165, 1.54) is 16.5 Å². The van der Waals surface area contributed by atoms with Crippen molar-refractivity contribution >= 4 is 22.6 Å². The molecule has 146 valence electrons. The topological polar surface area (TPSA) is 63.4 Å². The highest BCUT2D eigenvalue weighted by molar-refractivity contribution is 5.88. The van der Waals surface area contributed by atoms with Gasteiger partial charge >= 0.3 is 6.03 Å². The van der Waals surface area contributed by atoms with Gasteiger partial charge in [-0.1, -0.05) is 30.3 Å². The third-order valence-electron chi connectivity index (χ3n) is 5.28. The van der Waals surface area contributed by atoms with Crippen molar-refractivity contribution in [3.8, 4) is 0 Å². The molecule has 6 heteroatoms. The minimum absolute atomic E-state index is 0.183. The summed E-state index contributed by atoms with van der Waals surface area (Å²) in [5, 5.41) is 6.20. The van der Waals surface area contributed by atoms with E-state index in [0.29, 0.717) is 0 Å². The molecule has 0 saturated carbocycles. The summed E-state index contributed by atoms with van der Waals surface area (Å²) in [6, 6.07) is 16.1. The number of carbonyl (C=O) groups is 1. The molecular formula is C22H27N5O. The highest BCUT2D eigenvalue weighted by atomic mass is 16.2. The van der Waals surface area contributed by atoms with Gasteiger partial charge in [0.15, 0.2) is 0 Å². The number of H-pyrrole nitrogens is 1. The summed E-state index contributed by atoms with van der Waals surface area (Å²) in [5.74, 6) is 0. The van der Waals surface area contributed by atoms with Crippen molar-refractivity contribution in [3.63, 3.8) is 0 Å². The predicted molar refractivity (Wildman–Crippen MR) is 113 cm³/mol. The molecule has 0 atom stereocenters. The maximum atomic E-state index is 12.2. The molecule has 1 aromatic heterocycles. The van der Waals surface area contributed by atoms with Crippen molar-refractivity contribution in [2.24, 2.45) is 0 Å². The standard InChI is InChI=1S/C22H27N5O/c1-17-5-4-6-19(15-17)24-22(28)25-27-13-11-26(12-14-27)10-9-18-16-23-21-8-3-2-7-20(18)21/h2-8,15-16,23H,9-14H2,1H3,(H2,24,25,28). The van der Waals surface area contributed by atoms with Crippen LogP contribution >= 0.6 is 0 Å². The second-order valence-electron chi connectivity index (χ2n) is 7.37. The molecule has 1 aliphatic heterocycles. The third kappa shape index (κ3) is 4.52. The van der Waals surface area contributed by atoms with Gasteiger partial charge in [-0.15, -0.1) is 0 Å². The van der Waals surface area contributed by atoms with Crippen LogP contribution in [0.25, 0.3) is 10.9 Å². The lowest BCUT2D eigenvalue weighted by molar-refractivity contribution is 0.102. The number of hydrazine groups is 1. The van der Waals surface area contributed by atoms with Crippen molar-refractivity contribution in [1.29, 1.82) is 0 Å². The number of aryl methyl sites for hydroxylation is 1. The largest absolute Gasteiger partial charge is 0.361 e. The van der Waals surface area contributed by atoms with Crippen LogP contribution in [0.4, 0.5) is 10.5 Å². The molecule has 0 bridgehead atoms. The number of benzene rings is 2. The van der Waals surface area contributed by atoms with Gasteiger partial charge in [0.2, 0.25) is 0 Å². The first-order valence-electron chi connectivity index (χ1n) is 9.84. The number of anilines is 1. The average Bonchev–Trinajstić information content (AvgIpc) is 3.11. The molecule has 0 radical (unpaired) electrons. The van der Waals surface area contributed by atoms with Crippen LogP contribution in [-0.2, 0) is 6.42 Å². The van der Waals surface area contributed by atoms with Crippen LogP contribution in [0.15, 0.2) is 54.7 Å². The number of carbonyl (C=O) groups excluding carboxylic acids is 1. The van der Waals surface area contributed by atoms with Crippen LogP contribution in [0.1, 0.15) is 11.1 Å². The maximum Gasteiger partial charge on any atom is 0.333 e. The molecule has 2 aromatic carbocycles. The lowest BCUT2D eigenvalue weighted by atomic mass is 10.1. The van der Waals surface area contributed by atoms with E-state index in [1.807, 2.05) is 36.2 Å². The van der Waals surface area contributed by atoms with Gasteiger partial charge in [-0.25, -0.2) is 9.80 Å². The lowest BCUT2D eigenvalue weighted by Gasteiger charge is -2.34. The Kier molecular flexibility index (Phi) is 5.60. The highest BCUT2D eigenvalue weighted by Gasteiger charge is 2.18. The van der Waals surface area contributed by atoms with Crippen LogP contribution in [0.3, 0.4) is 0 Å². The first-order valence-corrected chi connectivity index (χ1v) is 9.84. The Bertz CT molecular complexity index is 943. The predicted octanol–water partition coefficient (Wildman–Crippen LogP) is 3.37. The number of nitrogens with one attached hydrogen (secondary N) is 3. The van der Waals surface area contributed by atoms with Gasteiger partial charge in [-0.3, -0.25) is 5.43 Å². The minimum Gasteiger partial charge on any atom is -0.361 e. The van der Waals surface area contributed by atoms with Crippen molar-refractivity contribution in [2.45, 2.75) is 13.3 Å². The summed E-state index contributed by atoms with van der Waals surface area (Å²) in [4.78, 5) is 18.0. The fourth-order valence-corrected chi connectivity index (χ4v) is 3.73. The molecule has 6 nitrogen and oxygen atoms in total. The summed E-state index contributed by atoms with van der Waals surface area (Å²) in [5.41, 5.74) is 7.46. The van der Waals surface area contributed by atoms with E-state index in [1.54, 1.807) is 0 Å². The first-order chi connectivity index (χ1) is 13.7. The number of para-hydroxylation sites is 1. The number of aromatic nitrogens is 1. The number of urea groups is 1. The summed E-state index contributed by atoms with van der Waals surface area (Å²) in [6.07, 6.45) is 3.16. The second kappa shape index (κ2) is 8.46. The molecular weight excluding hydrogens is 350 g/mol.